The van der Waals surface area contributed by atoms with Gasteiger partial charge in [0.05, 0.1) is 0 Å². The van der Waals surface area contributed by atoms with Gasteiger partial charge < -0.3 is 9.69 Å². The first-order valence-electron chi connectivity index (χ1n) is 6.44. The zero-order valence-corrected chi connectivity index (χ0v) is 11.2. The number of nitrogens with zero attached hydrogens (tertiary/aromatic N) is 2. The van der Waals surface area contributed by atoms with Crippen molar-refractivity contribution in [1.29, 1.82) is 0 Å². The molecule has 0 N–H and O–H groups in total. The van der Waals surface area contributed by atoms with Crippen molar-refractivity contribution in [2.24, 2.45) is 0 Å². The lowest BCUT2D eigenvalue weighted by molar-refractivity contribution is -0.117. The zero-order valence-electron chi connectivity index (χ0n) is 11.2. The van der Waals surface area contributed by atoms with Crippen LogP contribution in [0.3, 0.4) is 0 Å². The predicted molar refractivity (Wildman–Crippen MR) is 67.7 cm³/mol. The maximum absolute atomic E-state index is 10.8. The minimum absolute atomic E-state index is 0.320. The average molecular weight is 226 g/mol. The number of carbonyl (C=O) groups excluding carboxylic acids is 1. The molecule has 0 bridgehead atoms. The van der Waals surface area contributed by atoms with E-state index in [1.807, 2.05) is 0 Å². The highest BCUT2D eigenvalue weighted by atomic mass is 16.1. The Labute approximate surface area is 99.8 Å². The SMILES string of the molecule is CC(=O)CCCCN1CC(C)N(C)C(C)C1. The maximum Gasteiger partial charge on any atom is 0.129 e. The largest absolute Gasteiger partial charge is 0.300 e. The van der Waals surface area contributed by atoms with Crippen molar-refractivity contribution in [1.82, 2.24) is 9.80 Å². The Bertz CT molecular complexity index is 218. The summed E-state index contributed by atoms with van der Waals surface area (Å²) in [5.74, 6) is 0.320. The van der Waals surface area contributed by atoms with Gasteiger partial charge in [0.1, 0.15) is 5.78 Å². The Kier molecular flexibility index (Phi) is 5.42. The van der Waals surface area contributed by atoms with E-state index in [-0.39, 0.29) is 0 Å². The van der Waals surface area contributed by atoms with E-state index in [0.717, 1.165) is 25.8 Å². The van der Waals surface area contributed by atoms with Crippen LogP contribution in [0.4, 0.5) is 0 Å². The van der Waals surface area contributed by atoms with Crippen LogP contribution in [0.15, 0.2) is 0 Å². The molecule has 3 nitrogen and oxygen atoms in total. The van der Waals surface area contributed by atoms with Crippen molar-refractivity contribution in [3.05, 3.63) is 0 Å². The van der Waals surface area contributed by atoms with Gasteiger partial charge in [0.25, 0.3) is 0 Å². The second-order valence-corrected chi connectivity index (χ2v) is 5.28. The molecule has 0 amide bonds. The van der Waals surface area contributed by atoms with Gasteiger partial charge in [0.2, 0.25) is 0 Å². The molecule has 1 aliphatic heterocycles. The molecular formula is C13H26N2O. The van der Waals surface area contributed by atoms with Crippen LogP contribution in [-0.4, -0.2) is 54.3 Å². The molecule has 1 heterocycles. The number of rotatable bonds is 5. The van der Waals surface area contributed by atoms with E-state index >= 15 is 0 Å². The molecule has 0 saturated carbocycles. The molecule has 1 rings (SSSR count). The second-order valence-electron chi connectivity index (χ2n) is 5.28. The number of unbranched alkanes of at least 4 members (excludes halogenated alkanes) is 1. The average Bonchev–Trinajstić information content (AvgIpc) is 2.20. The van der Waals surface area contributed by atoms with E-state index in [1.165, 1.54) is 13.1 Å². The predicted octanol–water partition coefficient (Wildman–Crippen LogP) is 1.77. The molecule has 2 unspecified atom stereocenters. The molecule has 94 valence electrons. The lowest BCUT2D eigenvalue weighted by atomic mass is 10.1. The van der Waals surface area contributed by atoms with E-state index < -0.39 is 0 Å². The molecule has 0 spiro atoms. The van der Waals surface area contributed by atoms with Crippen LogP contribution in [0, 0.1) is 0 Å². The highest BCUT2D eigenvalue weighted by Crippen LogP contribution is 2.13. The van der Waals surface area contributed by atoms with Gasteiger partial charge in [0.15, 0.2) is 0 Å². The molecule has 3 heteroatoms. The lowest BCUT2D eigenvalue weighted by Gasteiger charge is -2.42. The Morgan fingerprint density at radius 1 is 1.19 bits per heavy atom. The van der Waals surface area contributed by atoms with Crippen molar-refractivity contribution in [2.75, 3.05) is 26.7 Å². The third-order valence-corrected chi connectivity index (χ3v) is 3.69. The van der Waals surface area contributed by atoms with Crippen LogP contribution in [0.1, 0.15) is 40.0 Å². The Balaban J connectivity index is 2.20. The van der Waals surface area contributed by atoms with Crippen molar-refractivity contribution >= 4 is 5.78 Å². The summed E-state index contributed by atoms with van der Waals surface area (Å²) in [5, 5.41) is 0. The van der Waals surface area contributed by atoms with Crippen LogP contribution in [-0.2, 0) is 4.79 Å². The number of hydrogen-bond donors (Lipinski definition) is 0. The number of ketones is 1. The van der Waals surface area contributed by atoms with Gasteiger partial charge in [-0.1, -0.05) is 0 Å². The summed E-state index contributed by atoms with van der Waals surface area (Å²) in [6, 6.07) is 1.30. The van der Waals surface area contributed by atoms with Crippen molar-refractivity contribution < 1.29 is 4.79 Å². The first kappa shape index (κ1) is 13.7. The zero-order chi connectivity index (χ0) is 12.1. The number of piperazine rings is 1. The summed E-state index contributed by atoms with van der Waals surface area (Å²) in [6.45, 7) is 9.74. The summed E-state index contributed by atoms with van der Waals surface area (Å²) >= 11 is 0. The fourth-order valence-corrected chi connectivity index (χ4v) is 2.41. The molecule has 2 atom stereocenters. The molecule has 0 radical (unpaired) electrons. The van der Waals surface area contributed by atoms with Gasteiger partial charge in [-0.25, -0.2) is 0 Å². The highest BCUT2D eigenvalue weighted by Gasteiger charge is 2.25. The van der Waals surface area contributed by atoms with E-state index in [9.17, 15) is 4.79 Å². The van der Waals surface area contributed by atoms with Crippen LogP contribution in [0.2, 0.25) is 0 Å². The van der Waals surface area contributed by atoms with Gasteiger partial charge in [-0.15, -0.1) is 0 Å². The molecule has 0 aromatic heterocycles. The van der Waals surface area contributed by atoms with Gasteiger partial charge in [0, 0.05) is 31.6 Å². The van der Waals surface area contributed by atoms with Crippen LogP contribution in [0.25, 0.3) is 0 Å². The fourth-order valence-electron chi connectivity index (χ4n) is 2.41. The third-order valence-electron chi connectivity index (χ3n) is 3.69. The van der Waals surface area contributed by atoms with Crippen LogP contribution < -0.4 is 0 Å². The van der Waals surface area contributed by atoms with E-state index in [0.29, 0.717) is 17.9 Å². The highest BCUT2D eigenvalue weighted by molar-refractivity contribution is 5.75. The normalized spacial score (nSPS) is 28.2. The summed E-state index contributed by atoms with van der Waals surface area (Å²) in [4.78, 5) is 15.8. The van der Waals surface area contributed by atoms with Crippen molar-refractivity contribution in [3.63, 3.8) is 0 Å². The van der Waals surface area contributed by atoms with Gasteiger partial charge >= 0.3 is 0 Å². The van der Waals surface area contributed by atoms with E-state index in [4.69, 9.17) is 0 Å². The summed E-state index contributed by atoms with van der Waals surface area (Å²) < 4.78 is 0. The number of Topliss-reactive ketones (excluding diaryl/α,β-unsaturated/α-hetero) is 1. The Hall–Kier alpha value is -0.410. The van der Waals surface area contributed by atoms with E-state index in [1.54, 1.807) is 6.92 Å². The summed E-state index contributed by atoms with van der Waals surface area (Å²) in [5.41, 5.74) is 0. The maximum atomic E-state index is 10.8. The lowest BCUT2D eigenvalue weighted by Crippen LogP contribution is -2.54. The second kappa shape index (κ2) is 6.36. The van der Waals surface area contributed by atoms with Gasteiger partial charge in [-0.2, -0.15) is 0 Å². The first-order valence-corrected chi connectivity index (χ1v) is 6.44. The van der Waals surface area contributed by atoms with Crippen molar-refractivity contribution in [3.8, 4) is 0 Å². The minimum Gasteiger partial charge on any atom is -0.300 e. The fraction of sp³-hybridized carbons (Fsp3) is 0.923. The van der Waals surface area contributed by atoms with Crippen LogP contribution in [0.5, 0.6) is 0 Å². The quantitative estimate of drug-likeness (QED) is 0.668. The standard InChI is InChI=1S/C13H26N2O/c1-11-9-15(10-12(2)14(11)4)8-6-5-7-13(3)16/h11-12H,5-10H2,1-4H3. The summed E-state index contributed by atoms with van der Waals surface area (Å²) in [6.07, 6.45) is 2.95. The minimum atomic E-state index is 0.320. The Morgan fingerprint density at radius 2 is 1.75 bits per heavy atom. The number of likely N-dealkylation sites (N-methyl/N-ethyl adjacent to an activating group) is 1. The smallest absolute Gasteiger partial charge is 0.129 e. The Morgan fingerprint density at radius 3 is 2.25 bits per heavy atom. The third kappa shape index (κ3) is 4.22. The molecule has 1 saturated heterocycles. The molecule has 16 heavy (non-hydrogen) atoms. The topological polar surface area (TPSA) is 23.6 Å². The summed E-state index contributed by atoms with van der Waals surface area (Å²) in [7, 11) is 2.21. The molecular weight excluding hydrogens is 200 g/mol. The van der Waals surface area contributed by atoms with Crippen LogP contribution >= 0.6 is 0 Å². The molecule has 0 aromatic carbocycles. The van der Waals surface area contributed by atoms with Gasteiger partial charge in [-0.05, 0) is 47.2 Å². The molecule has 1 aliphatic rings. The van der Waals surface area contributed by atoms with Crippen molar-refractivity contribution in [2.45, 2.75) is 52.1 Å². The monoisotopic (exact) mass is 226 g/mol. The molecule has 1 fully saturated rings. The number of carbonyl (C=O) groups is 1. The van der Waals surface area contributed by atoms with E-state index in [2.05, 4.69) is 30.7 Å². The first-order chi connectivity index (χ1) is 7.50. The molecule has 0 aromatic rings. The molecule has 0 aliphatic carbocycles. The van der Waals surface area contributed by atoms with Gasteiger partial charge in [-0.3, -0.25) is 4.90 Å². The number of hydrogen-bond acceptors (Lipinski definition) is 3.